The molecular weight excluding hydrogens is 438 g/mol. The third kappa shape index (κ3) is 4.31. The topological polar surface area (TPSA) is 62.8 Å². The number of nitrogens with zero attached hydrogens (tertiary/aromatic N) is 1. The van der Waals surface area contributed by atoms with Gasteiger partial charge in [0.1, 0.15) is 12.5 Å². The monoisotopic (exact) mass is 459 g/mol. The van der Waals surface area contributed by atoms with Crippen molar-refractivity contribution in [2.45, 2.75) is 6.54 Å². The molecule has 2 aliphatic rings. The summed E-state index contributed by atoms with van der Waals surface area (Å²) in [4.78, 5) is 15.2. The van der Waals surface area contributed by atoms with Gasteiger partial charge >= 0.3 is 0 Å². The number of anilines is 2. The Hall–Kier alpha value is -3.74. The van der Waals surface area contributed by atoms with Crippen LogP contribution in [0.1, 0.15) is 16.7 Å². The molecule has 0 unspecified atom stereocenters. The molecule has 0 saturated carbocycles. The first-order chi connectivity index (χ1) is 16.0. The predicted octanol–water partition coefficient (Wildman–Crippen LogP) is 5.58. The zero-order valence-electron chi connectivity index (χ0n) is 18.2. The normalized spacial score (nSPS) is 15.3. The Bertz CT molecular complexity index is 1300. The number of fused-ring (bicyclic) bond motifs is 2. The van der Waals surface area contributed by atoms with Gasteiger partial charge in [0.05, 0.1) is 17.0 Å². The lowest BCUT2D eigenvalue weighted by molar-refractivity contribution is -0.110. The number of halogens is 1. The van der Waals surface area contributed by atoms with Gasteiger partial charge in [-0.15, -0.1) is 0 Å². The number of carbonyl (C=O) groups excluding carboxylic acids is 1. The summed E-state index contributed by atoms with van der Waals surface area (Å²) < 4.78 is 11.1. The molecule has 2 N–H and O–H groups in total. The summed E-state index contributed by atoms with van der Waals surface area (Å²) in [7, 11) is 4.07. The number of benzene rings is 3. The van der Waals surface area contributed by atoms with Gasteiger partial charge in [0.15, 0.2) is 11.5 Å². The second-order valence-electron chi connectivity index (χ2n) is 8.12. The summed E-state index contributed by atoms with van der Waals surface area (Å²) in [5.41, 5.74) is 5.52. The van der Waals surface area contributed by atoms with E-state index in [1.165, 1.54) is 18.1 Å². The van der Waals surface area contributed by atoms with Crippen LogP contribution >= 0.6 is 11.6 Å². The lowest BCUT2D eigenvalue weighted by atomic mass is 9.99. The Balaban J connectivity index is 1.61. The van der Waals surface area contributed by atoms with Gasteiger partial charge < -0.3 is 25.0 Å². The van der Waals surface area contributed by atoms with E-state index in [0.29, 0.717) is 33.5 Å². The number of nitrogens with one attached hydrogen (secondary N) is 2. The van der Waals surface area contributed by atoms with Crippen LogP contribution in [0.2, 0.25) is 5.02 Å². The number of hydrogen-bond acceptors (Lipinski definition) is 5. The van der Waals surface area contributed by atoms with Gasteiger partial charge in [-0.25, -0.2) is 0 Å². The molecule has 0 atom stereocenters. The zero-order chi connectivity index (χ0) is 22.9. The summed E-state index contributed by atoms with van der Waals surface area (Å²) in [6.45, 7) is 0.848. The Labute approximate surface area is 197 Å². The summed E-state index contributed by atoms with van der Waals surface area (Å²) in [5, 5.41) is 6.95. The number of hydrogen-bond donors (Lipinski definition) is 2. The fourth-order valence-electron chi connectivity index (χ4n) is 3.93. The van der Waals surface area contributed by atoms with Crippen molar-refractivity contribution < 1.29 is 14.3 Å². The van der Waals surface area contributed by atoms with Gasteiger partial charge in [-0.05, 0) is 62.1 Å². The molecule has 5 rings (SSSR count). The highest BCUT2D eigenvalue weighted by Crippen LogP contribution is 2.41. The molecule has 0 bridgehead atoms. The molecule has 0 aromatic heterocycles. The van der Waals surface area contributed by atoms with E-state index in [4.69, 9.17) is 21.1 Å². The minimum absolute atomic E-state index is 0.200. The summed E-state index contributed by atoms with van der Waals surface area (Å²) in [6.07, 6.45) is 2.97. The Morgan fingerprint density at radius 2 is 1.73 bits per heavy atom. The highest BCUT2D eigenvalue weighted by molar-refractivity contribution is 6.38. The molecule has 0 saturated heterocycles. The molecular formula is C26H22ClN3O3. The molecule has 6 nitrogen and oxygen atoms in total. The van der Waals surface area contributed by atoms with E-state index in [2.05, 4.69) is 27.7 Å². The molecule has 3 aromatic carbocycles. The van der Waals surface area contributed by atoms with Crippen molar-refractivity contribution in [3.05, 3.63) is 94.9 Å². The van der Waals surface area contributed by atoms with Gasteiger partial charge in [0, 0.05) is 28.4 Å². The summed E-state index contributed by atoms with van der Waals surface area (Å²) in [5.74, 6) is 0.987. The second-order valence-corrected chi connectivity index (χ2v) is 8.56. The first-order valence-electron chi connectivity index (χ1n) is 10.5. The Morgan fingerprint density at radius 1 is 0.970 bits per heavy atom. The standard InChI is InChI=1S/C26H22ClN3O3/c1-30(2)15-16-3-7-19(8-4-16)28-25(17-5-10-22-23(13-17)33-12-11-32-22)24-20-9-6-18(27)14-21(20)29-26(24)31/h3-14,28H,15H2,1-2H3,(H,29,31)/b25-24-. The van der Waals surface area contributed by atoms with Crippen molar-refractivity contribution in [2.24, 2.45) is 0 Å². The average molecular weight is 460 g/mol. The molecule has 1 amide bonds. The van der Waals surface area contributed by atoms with Gasteiger partial charge in [-0.1, -0.05) is 29.8 Å². The number of amides is 1. The fraction of sp³-hybridized carbons (Fsp3) is 0.115. The SMILES string of the molecule is CN(C)Cc1ccc(N/C(=C2\C(=O)Nc3cc(Cl)ccc32)c2ccc3c(c2)OC=CO3)cc1. The first kappa shape index (κ1) is 21.1. The largest absolute Gasteiger partial charge is 0.458 e. The van der Waals surface area contributed by atoms with Crippen molar-refractivity contribution in [3.8, 4) is 11.5 Å². The Morgan fingerprint density at radius 3 is 2.48 bits per heavy atom. The van der Waals surface area contributed by atoms with Crippen LogP contribution in [0.25, 0.3) is 11.3 Å². The zero-order valence-corrected chi connectivity index (χ0v) is 18.9. The van der Waals surface area contributed by atoms with E-state index in [-0.39, 0.29) is 5.91 Å². The van der Waals surface area contributed by atoms with Crippen molar-refractivity contribution in [1.82, 2.24) is 4.90 Å². The second kappa shape index (κ2) is 8.65. The molecule has 0 fully saturated rings. The molecule has 0 radical (unpaired) electrons. The van der Waals surface area contributed by atoms with Crippen LogP contribution in [0.15, 0.2) is 73.2 Å². The van der Waals surface area contributed by atoms with E-state index in [1.807, 2.05) is 50.5 Å². The minimum atomic E-state index is -0.200. The maximum Gasteiger partial charge on any atom is 0.258 e. The third-order valence-electron chi connectivity index (χ3n) is 5.38. The molecule has 33 heavy (non-hydrogen) atoms. The minimum Gasteiger partial charge on any atom is -0.458 e. The molecule has 7 heteroatoms. The smallest absolute Gasteiger partial charge is 0.258 e. The van der Waals surface area contributed by atoms with Gasteiger partial charge in [0.25, 0.3) is 5.91 Å². The highest BCUT2D eigenvalue weighted by atomic mass is 35.5. The van der Waals surface area contributed by atoms with E-state index < -0.39 is 0 Å². The molecule has 3 aromatic rings. The number of ether oxygens (including phenoxy) is 2. The summed E-state index contributed by atoms with van der Waals surface area (Å²) >= 11 is 6.15. The lowest BCUT2D eigenvalue weighted by Crippen LogP contribution is -2.11. The Kier molecular flexibility index (Phi) is 5.54. The van der Waals surface area contributed by atoms with E-state index in [0.717, 1.165) is 23.4 Å². The van der Waals surface area contributed by atoms with Gasteiger partial charge in [-0.3, -0.25) is 4.79 Å². The highest BCUT2D eigenvalue weighted by Gasteiger charge is 2.29. The van der Waals surface area contributed by atoms with E-state index in [9.17, 15) is 4.79 Å². The molecule has 2 heterocycles. The van der Waals surface area contributed by atoms with Crippen LogP contribution in [-0.4, -0.2) is 24.9 Å². The van der Waals surface area contributed by atoms with Gasteiger partial charge in [-0.2, -0.15) is 0 Å². The van der Waals surface area contributed by atoms with Crippen LogP contribution in [0.3, 0.4) is 0 Å². The molecule has 0 spiro atoms. The predicted molar refractivity (Wildman–Crippen MR) is 131 cm³/mol. The quantitative estimate of drug-likeness (QED) is 0.488. The van der Waals surface area contributed by atoms with Crippen molar-refractivity contribution in [3.63, 3.8) is 0 Å². The van der Waals surface area contributed by atoms with Gasteiger partial charge in [0.2, 0.25) is 0 Å². The first-order valence-corrected chi connectivity index (χ1v) is 10.8. The van der Waals surface area contributed by atoms with Crippen molar-refractivity contribution in [1.29, 1.82) is 0 Å². The molecule has 166 valence electrons. The van der Waals surface area contributed by atoms with Crippen molar-refractivity contribution >= 4 is 40.2 Å². The van der Waals surface area contributed by atoms with Crippen LogP contribution in [0.4, 0.5) is 11.4 Å². The molecule has 0 aliphatic carbocycles. The third-order valence-corrected chi connectivity index (χ3v) is 5.61. The van der Waals surface area contributed by atoms with E-state index in [1.54, 1.807) is 12.1 Å². The van der Waals surface area contributed by atoms with Crippen LogP contribution < -0.4 is 20.1 Å². The molecule has 2 aliphatic heterocycles. The van der Waals surface area contributed by atoms with Crippen LogP contribution in [-0.2, 0) is 11.3 Å². The van der Waals surface area contributed by atoms with Crippen LogP contribution in [0.5, 0.6) is 11.5 Å². The average Bonchev–Trinajstić information content (AvgIpc) is 3.12. The summed E-state index contributed by atoms with van der Waals surface area (Å²) in [6, 6.07) is 19.1. The lowest BCUT2D eigenvalue weighted by Gasteiger charge is -2.18. The fourth-order valence-corrected chi connectivity index (χ4v) is 4.10. The van der Waals surface area contributed by atoms with Crippen molar-refractivity contribution in [2.75, 3.05) is 24.7 Å². The maximum absolute atomic E-state index is 13.1. The number of carbonyl (C=O) groups is 1. The van der Waals surface area contributed by atoms with E-state index >= 15 is 0 Å². The maximum atomic E-state index is 13.1. The number of rotatable bonds is 5. The van der Waals surface area contributed by atoms with Crippen LogP contribution in [0, 0.1) is 0 Å².